The van der Waals surface area contributed by atoms with Crippen LogP contribution < -0.4 is 0 Å². The number of piperidine rings is 1. The fourth-order valence-electron chi connectivity index (χ4n) is 6.11. The number of nitrogens with zero attached hydrogens (tertiary/aromatic N) is 4. The fourth-order valence-corrected chi connectivity index (χ4v) is 6.73. The Morgan fingerprint density at radius 2 is 1.95 bits per heavy atom. The Labute approximate surface area is 241 Å². The third kappa shape index (κ3) is 4.68. The highest BCUT2D eigenvalue weighted by Gasteiger charge is 2.44. The minimum Gasteiger partial charge on any atom is -0.464 e. The molecule has 1 unspecified atom stereocenters. The van der Waals surface area contributed by atoms with Gasteiger partial charge in [-0.2, -0.15) is 5.06 Å². The molecule has 8 nitrogen and oxygen atoms in total. The molecule has 1 N–H and O–H groups in total. The van der Waals surface area contributed by atoms with Gasteiger partial charge in [-0.1, -0.05) is 47.5 Å². The molecule has 3 aliphatic heterocycles. The van der Waals surface area contributed by atoms with Gasteiger partial charge in [0, 0.05) is 47.9 Å². The molecule has 1 saturated heterocycles. The van der Waals surface area contributed by atoms with Crippen molar-refractivity contribution in [2.75, 3.05) is 19.7 Å². The standard InChI is InChI=1S/C29H29Cl2FN4O4/c1-2-40-29(38)27(26-23-11-19(32)13-34(23)15-33-26)36-14-21-22(30)12-20(25(31)24(21)28(36)37)18-5-3-16(4-6-18)17-7-9-35(39)10-8-17/h3-6,12,15,17,19,27,39H,2,7-11,13-14H2,1H3/t19-,27?/m1/s1. The molecular formula is C29H29Cl2FN4O4. The van der Waals surface area contributed by atoms with E-state index in [0.29, 0.717) is 46.5 Å². The summed E-state index contributed by atoms with van der Waals surface area (Å²) in [6.45, 7) is 3.29. The first-order valence-electron chi connectivity index (χ1n) is 13.5. The van der Waals surface area contributed by atoms with Crippen LogP contribution in [-0.4, -0.2) is 62.5 Å². The molecule has 2 aromatic carbocycles. The molecule has 11 heteroatoms. The van der Waals surface area contributed by atoms with Crippen LogP contribution in [0.1, 0.15) is 64.6 Å². The van der Waals surface area contributed by atoms with E-state index in [1.807, 2.05) is 24.3 Å². The number of fused-ring (bicyclic) bond motifs is 2. The number of amides is 1. The third-order valence-corrected chi connectivity index (χ3v) is 8.88. The summed E-state index contributed by atoms with van der Waals surface area (Å²) >= 11 is 13.6. The van der Waals surface area contributed by atoms with E-state index in [1.54, 1.807) is 17.6 Å². The maximum Gasteiger partial charge on any atom is 0.335 e. The number of aromatic nitrogens is 2. The zero-order chi connectivity index (χ0) is 28.1. The van der Waals surface area contributed by atoms with Crippen molar-refractivity contribution < 1.29 is 23.9 Å². The van der Waals surface area contributed by atoms with Crippen LogP contribution >= 0.6 is 23.2 Å². The van der Waals surface area contributed by atoms with Crippen LogP contribution in [0.3, 0.4) is 0 Å². The van der Waals surface area contributed by atoms with Crippen molar-refractivity contribution in [1.29, 1.82) is 0 Å². The second kappa shape index (κ2) is 10.8. The molecule has 1 amide bonds. The number of hydroxylamine groups is 2. The highest BCUT2D eigenvalue weighted by molar-refractivity contribution is 6.39. The molecule has 0 saturated carbocycles. The molecule has 210 valence electrons. The van der Waals surface area contributed by atoms with Gasteiger partial charge < -0.3 is 19.4 Å². The van der Waals surface area contributed by atoms with Crippen molar-refractivity contribution >= 4 is 35.1 Å². The molecule has 2 atom stereocenters. The molecule has 3 aromatic rings. The molecule has 3 aliphatic rings. The first kappa shape index (κ1) is 27.2. The van der Waals surface area contributed by atoms with E-state index >= 15 is 0 Å². The fraction of sp³-hybridized carbons (Fsp3) is 0.414. The molecule has 4 heterocycles. The molecule has 0 radical (unpaired) electrons. The Morgan fingerprint density at radius 3 is 2.65 bits per heavy atom. The Kier molecular flexibility index (Phi) is 7.33. The average Bonchev–Trinajstić information content (AvgIpc) is 3.60. The van der Waals surface area contributed by atoms with Gasteiger partial charge >= 0.3 is 5.97 Å². The van der Waals surface area contributed by atoms with Crippen LogP contribution in [0, 0.1) is 0 Å². The van der Waals surface area contributed by atoms with E-state index in [9.17, 15) is 19.2 Å². The number of ether oxygens (including phenoxy) is 1. The number of hydrogen-bond donors (Lipinski definition) is 1. The van der Waals surface area contributed by atoms with Gasteiger partial charge in [-0.25, -0.2) is 14.2 Å². The Bertz CT molecular complexity index is 1470. The number of benzene rings is 2. The van der Waals surface area contributed by atoms with Gasteiger partial charge in [0.2, 0.25) is 0 Å². The second-order valence-electron chi connectivity index (χ2n) is 10.5. The molecule has 0 spiro atoms. The van der Waals surface area contributed by atoms with Crippen molar-refractivity contribution in [1.82, 2.24) is 19.5 Å². The summed E-state index contributed by atoms with van der Waals surface area (Å²) in [6, 6.07) is 8.62. The lowest BCUT2D eigenvalue weighted by Crippen LogP contribution is -2.36. The molecule has 1 aromatic heterocycles. The summed E-state index contributed by atoms with van der Waals surface area (Å²) < 4.78 is 21.2. The predicted octanol–water partition coefficient (Wildman–Crippen LogP) is 5.58. The lowest BCUT2D eigenvalue weighted by atomic mass is 9.89. The zero-order valence-electron chi connectivity index (χ0n) is 21.9. The second-order valence-corrected chi connectivity index (χ2v) is 11.3. The van der Waals surface area contributed by atoms with E-state index in [0.717, 1.165) is 18.4 Å². The maximum atomic E-state index is 14.2. The van der Waals surface area contributed by atoms with Crippen LogP contribution in [0.15, 0.2) is 36.7 Å². The van der Waals surface area contributed by atoms with Gasteiger partial charge in [0.05, 0.1) is 35.8 Å². The summed E-state index contributed by atoms with van der Waals surface area (Å²) in [5.41, 5.74) is 4.29. The number of carbonyl (C=O) groups is 2. The van der Waals surface area contributed by atoms with E-state index in [2.05, 4.69) is 4.98 Å². The van der Waals surface area contributed by atoms with Crippen molar-refractivity contribution in [3.8, 4) is 11.1 Å². The quantitative estimate of drug-likeness (QED) is 0.379. The van der Waals surface area contributed by atoms with Crippen molar-refractivity contribution in [2.24, 2.45) is 0 Å². The van der Waals surface area contributed by atoms with E-state index in [1.165, 1.54) is 21.9 Å². The lowest BCUT2D eigenvalue weighted by molar-refractivity contribution is -0.149. The van der Waals surface area contributed by atoms with Gasteiger partial charge in [-0.15, -0.1) is 0 Å². The van der Waals surface area contributed by atoms with Crippen LogP contribution in [-0.2, 0) is 29.0 Å². The zero-order valence-corrected chi connectivity index (χ0v) is 23.5. The summed E-state index contributed by atoms with van der Waals surface area (Å²) in [5, 5.41) is 11.6. The largest absolute Gasteiger partial charge is 0.464 e. The van der Waals surface area contributed by atoms with Gasteiger partial charge in [0.1, 0.15) is 6.17 Å². The third-order valence-electron chi connectivity index (χ3n) is 8.15. The topological polar surface area (TPSA) is 87.9 Å². The van der Waals surface area contributed by atoms with Crippen LogP contribution in [0.25, 0.3) is 11.1 Å². The Hall–Kier alpha value is -2.98. The van der Waals surface area contributed by atoms with Crippen molar-refractivity contribution in [2.45, 2.75) is 57.4 Å². The molecule has 0 aliphatic carbocycles. The number of halogens is 3. The number of carbonyl (C=O) groups excluding carboxylic acids is 2. The highest BCUT2D eigenvalue weighted by atomic mass is 35.5. The number of esters is 1. The molecule has 40 heavy (non-hydrogen) atoms. The Morgan fingerprint density at radius 1 is 1.23 bits per heavy atom. The van der Waals surface area contributed by atoms with Gasteiger partial charge in [0.15, 0.2) is 6.04 Å². The van der Waals surface area contributed by atoms with Crippen LogP contribution in [0.2, 0.25) is 10.0 Å². The van der Waals surface area contributed by atoms with E-state index in [4.69, 9.17) is 27.9 Å². The minimum absolute atomic E-state index is 0.0460. The van der Waals surface area contributed by atoms with Gasteiger partial charge in [0.25, 0.3) is 5.91 Å². The lowest BCUT2D eigenvalue weighted by Gasteiger charge is -2.27. The van der Waals surface area contributed by atoms with Crippen LogP contribution in [0.4, 0.5) is 4.39 Å². The number of hydrogen-bond acceptors (Lipinski definition) is 6. The normalized spacial score (nSPS) is 20.1. The monoisotopic (exact) mass is 586 g/mol. The molecule has 0 bridgehead atoms. The van der Waals surface area contributed by atoms with Gasteiger partial charge in [-0.05, 0) is 42.9 Å². The van der Waals surface area contributed by atoms with E-state index in [-0.39, 0.29) is 36.7 Å². The SMILES string of the molecule is CCOC(=O)C(c1ncn2c1C[C@@H](F)C2)N1Cc2c(Cl)cc(-c3ccc(C4CCN(O)CC4)cc3)c(Cl)c2C1=O. The van der Waals surface area contributed by atoms with Crippen molar-refractivity contribution in [3.05, 3.63) is 74.8 Å². The smallest absolute Gasteiger partial charge is 0.335 e. The number of rotatable bonds is 6. The van der Waals surface area contributed by atoms with E-state index < -0.39 is 24.1 Å². The predicted molar refractivity (Wildman–Crippen MR) is 147 cm³/mol. The number of alkyl halides is 1. The molecular weight excluding hydrogens is 558 g/mol. The summed E-state index contributed by atoms with van der Waals surface area (Å²) in [7, 11) is 0. The summed E-state index contributed by atoms with van der Waals surface area (Å²) in [6.07, 6.45) is 2.28. The first-order valence-corrected chi connectivity index (χ1v) is 14.2. The van der Waals surface area contributed by atoms with Gasteiger partial charge in [-0.3, -0.25) is 4.79 Å². The average molecular weight is 587 g/mol. The first-order chi connectivity index (χ1) is 19.3. The highest BCUT2D eigenvalue weighted by Crippen LogP contribution is 2.44. The molecule has 1 fully saturated rings. The number of imidazole rings is 1. The molecule has 6 rings (SSSR count). The minimum atomic E-state index is -1.15. The maximum absolute atomic E-state index is 14.2. The van der Waals surface area contributed by atoms with Crippen molar-refractivity contribution in [3.63, 3.8) is 0 Å². The summed E-state index contributed by atoms with van der Waals surface area (Å²) in [4.78, 5) is 32.9. The van der Waals surface area contributed by atoms with Crippen LogP contribution in [0.5, 0.6) is 0 Å². The summed E-state index contributed by atoms with van der Waals surface area (Å²) in [5.74, 6) is -0.725. The Balaban J connectivity index is 1.33.